The maximum absolute atomic E-state index is 9.07. The van der Waals surface area contributed by atoms with Crippen molar-refractivity contribution in [1.29, 1.82) is 0 Å². The van der Waals surface area contributed by atoms with Crippen molar-refractivity contribution in [3.8, 4) is 0 Å². The highest BCUT2D eigenvalue weighted by atomic mass is 35.5. The molecule has 0 unspecified atom stereocenters. The Labute approximate surface area is 55.7 Å². The molecule has 1 N–H and O–H groups in total. The summed E-state index contributed by atoms with van der Waals surface area (Å²) >= 11 is 5.57. The summed E-state index contributed by atoms with van der Waals surface area (Å²) in [5.74, 6) is 0.266. The molecule has 0 aliphatic carbocycles. The fraction of sp³-hybridized carbons (Fsp3) is 1.00. The zero-order chi connectivity index (χ0) is 6.73. The molecule has 0 aromatic heterocycles. The predicted molar refractivity (Wildman–Crippen MR) is 36.2 cm³/mol. The molecule has 0 saturated carbocycles. The van der Waals surface area contributed by atoms with Crippen LogP contribution in [-0.4, -0.2) is 16.6 Å². The molecule has 0 spiro atoms. The minimum absolute atomic E-state index is 0.130. The molecule has 0 rings (SSSR count). The molecule has 0 aliphatic rings. The van der Waals surface area contributed by atoms with E-state index in [1.54, 1.807) is 6.92 Å². The first-order valence-electron chi connectivity index (χ1n) is 2.88. The van der Waals surface area contributed by atoms with Crippen molar-refractivity contribution in [2.75, 3.05) is 0 Å². The second-order valence-corrected chi connectivity index (χ2v) is 3.10. The van der Waals surface area contributed by atoms with Crippen LogP contribution in [0.5, 0.6) is 0 Å². The van der Waals surface area contributed by atoms with Crippen molar-refractivity contribution in [2.24, 2.45) is 5.92 Å². The van der Waals surface area contributed by atoms with E-state index in [0.29, 0.717) is 0 Å². The smallest absolute Gasteiger partial charge is 0.0723 e. The van der Waals surface area contributed by atoms with Gasteiger partial charge in [-0.15, -0.1) is 11.6 Å². The van der Waals surface area contributed by atoms with Gasteiger partial charge in [-0.25, -0.2) is 0 Å². The van der Waals surface area contributed by atoms with Crippen molar-refractivity contribution in [3.05, 3.63) is 0 Å². The van der Waals surface area contributed by atoms with Crippen LogP contribution in [0, 0.1) is 5.92 Å². The van der Waals surface area contributed by atoms with Crippen molar-refractivity contribution >= 4 is 11.6 Å². The number of alkyl halides is 1. The lowest BCUT2D eigenvalue weighted by atomic mass is 10.1. The van der Waals surface area contributed by atoms with Gasteiger partial charge >= 0.3 is 0 Å². The lowest BCUT2D eigenvalue weighted by Crippen LogP contribution is -2.23. The number of halogens is 1. The first-order valence-corrected chi connectivity index (χ1v) is 3.31. The summed E-state index contributed by atoms with van der Waals surface area (Å²) in [5, 5.41) is 8.94. The van der Waals surface area contributed by atoms with E-state index >= 15 is 0 Å². The summed E-state index contributed by atoms with van der Waals surface area (Å²) in [7, 11) is 0. The van der Waals surface area contributed by atoms with Gasteiger partial charge in [0.2, 0.25) is 0 Å². The van der Waals surface area contributed by atoms with E-state index in [1.165, 1.54) is 0 Å². The van der Waals surface area contributed by atoms with Crippen LogP contribution in [0.25, 0.3) is 0 Å². The van der Waals surface area contributed by atoms with E-state index in [0.717, 1.165) is 0 Å². The molecule has 0 aromatic rings. The summed E-state index contributed by atoms with van der Waals surface area (Å²) < 4.78 is 0. The Kier molecular flexibility index (Phi) is 3.41. The van der Waals surface area contributed by atoms with Crippen molar-refractivity contribution in [3.63, 3.8) is 0 Å². The third-order valence-corrected chi connectivity index (χ3v) is 1.41. The van der Waals surface area contributed by atoms with Crippen LogP contribution in [0.2, 0.25) is 0 Å². The average Bonchev–Trinajstić information content (AvgIpc) is 1.64. The normalized spacial score (nSPS) is 18.8. The van der Waals surface area contributed by atoms with Crippen LogP contribution in [0.4, 0.5) is 0 Å². The zero-order valence-electron chi connectivity index (χ0n) is 5.56. The topological polar surface area (TPSA) is 20.2 Å². The zero-order valence-corrected chi connectivity index (χ0v) is 6.31. The number of aliphatic hydroxyl groups is 1. The highest BCUT2D eigenvalue weighted by molar-refractivity contribution is 6.20. The van der Waals surface area contributed by atoms with Gasteiger partial charge in [0.15, 0.2) is 0 Å². The Hall–Kier alpha value is 0.250. The summed E-state index contributed by atoms with van der Waals surface area (Å²) in [5.41, 5.74) is 0. The van der Waals surface area contributed by atoms with E-state index in [9.17, 15) is 0 Å². The molecular formula is C6H13ClO. The molecule has 0 bridgehead atoms. The fourth-order valence-corrected chi connectivity index (χ4v) is 0.821. The highest BCUT2D eigenvalue weighted by Gasteiger charge is 2.13. The quantitative estimate of drug-likeness (QED) is 0.573. The largest absolute Gasteiger partial charge is 0.391 e. The first-order chi connectivity index (χ1) is 3.55. The lowest BCUT2D eigenvalue weighted by molar-refractivity contribution is 0.125. The third-order valence-electron chi connectivity index (χ3n) is 1.15. The van der Waals surface area contributed by atoms with Gasteiger partial charge in [-0.2, -0.15) is 0 Å². The molecular weight excluding hydrogens is 124 g/mol. The van der Waals surface area contributed by atoms with Gasteiger partial charge in [0, 0.05) is 0 Å². The van der Waals surface area contributed by atoms with Gasteiger partial charge < -0.3 is 5.11 Å². The minimum Gasteiger partial charge on any atom is -0.391 e. The molecule has 0 heterocycles. The fourth-order valence-electron chi connectivity index (χ4n) is 0.530. The molecule has 1 nitrogen and oxygen atoms in total. The molecule has 0 saturated heterocycles. The van der Waals surface area contributed by atoms with Gasteiger partial charge in [-0.05, 0) is 12.8 Å². The summed E-state index contributed by atoms with van der Waals surface area (Å²) in [6.07, 6.45) is -0.364. The van der Waals surface area contributed by atoms with Crippen LogP contribution in [-0.2, 0) is 0 Å². The molecule has 2 heteroatoms. The van der Waals surface area contributed by atoms with Gasteiger partial charge in [-0.1, -0.05) is 13.8 Å². The van der Waals surface area contributed by atoms with E-state index in [2.05, 4.69) is 0 Å². The van der Waals surface area contributed by atoms with Crippen LogP contribution in [0.1, 0.15) is 20.8 Å². The maximum atomic E-state index is 9.07. The highest BCUT2D eigenvalue weighted by Crippen LogP contribution is 2.09. The van der Waals surface area contributed by atoms with Crippen LogP contribution in [0.15, 0.2) is 0 Å². The molecule has 0 amide bonds. The van der Waals surface area contributed by atoms with Crippen LogP contribution >= 0.6 is 11.6 Å². The van der Waals surface area contributed by atoms with Gasteiger partial charge in [0.25, 0.3) is 0 Å². The Morgan fingerprint density at radius 3 is 1.62 bits per heavy atom. The monoisotopic (exact) mass is 136 g/mol. The third kappa shape index (κ3) is 2.53. The second-order valence-electron chi connectivity index (χ2n) is 2.41. The molecule has 0 radical (unpaired) electrons. The molecule has 50 valence electrons. The first kappa shape index (κ1) is 8.25. The minimum atomic E-state index is -0.364. The number of aliphatic hydroxyl groups excluding tert-OH is 1. The predicted octanol–water partition coefficient (Wildman–Crippen LogP) is 1.63. The second kappa shape index (κ2) is 3.31. The molecule has 2 atom stereocenters. The van der Waals surface area contributed by atoms with Gasteiger partial charge in [0.05, 0.1) is 11.5 Å². The molecule has 0 aromatic carbocycles. The molecule has 0 fully saturated rings. The van der Waals surface area contributed by atoms with Gasteiger partial charge in [-0.3, -0.25) is 0 Å². The van der Waals surface area contributed by atoms with Gasteiger partial charge in [0.1, 0.15) is 0 Å². The summed E-state index contributed by atoms with van der Waals surface area (Å²) in [4.78, 5) is 0. The van der Waals surface area contributed by atoms with E-state index in [1.807, 2.05) is 13.8 Å². The Balaban J connectivity index is 3.46. The summed E-state index contributed by atoms with van der Waals surface area (Å²) in [6.45, 7) is 5.69. The van der Waals surface area contributed by atoms with Crippen LogP contribution in [0.3, 0.4) is 0 Å². The molecule has 8 heavy (non-hydrogen) atoms. The van der Waals surface area contributed by atoms with Crippen molar-refractivity contribution in [2.45, 2.75) is 32.3 Å². The summed E-state index contributed by atoms with van der Waals surface area (Å²) in [6, 6.07) is 0. The number of hydrogen-bond donors (Lipinski definition) is 1. The SMILES string of the molecule is CC(C)[C@@H](O)[C@H](C)Cl. The van der Waals surface area contributed by atoms with Crippen molar-refractivity contribution in [1.82, 2.24) is 0 Å². The van der Waals surface area contributed by atoms with E-state index < -0.39 is 0 Å². The lowest BCUT2D eigenvalue weighted by Gasteiger charge is -2.15. The number of hydrogen-bond acceptors (Lipinski definition) is 1. The van der Waals surface area contributed by atoms with Crippen LogP contribution < -0.4 is 0 Å². The Morgan fingerprint density at radius 2 is 1.62 bits per heavy atom. The van der Waals surface area contributed by atoms with E-state index in [-0.39, 0.29) is 17.4 Å². The van der Waals surface area contributed by atoms with Crippen molar-refractivity contribution < 1.29 is 5.11 Å². The Bertz CT molecular complexity index is 53.5. The maximum Gasteiger partial charge on any atom is 0.0723 e. The average molecular weight is 137 g/mol. The number of rotatable bonds is 2. The Morgan fingerprint density at radius 1 is 1.25 bits per heavy atom. The van der Waals surface area contributed by atoms with E-state index in [4.69, 9.17) is 16.7 Å². The standard InChI is InChI=1S/C6H13ClO/c1-4(2)6(8)5(3)7/h4-6,8H,1-3H3/t5-,6+/m0/s1. The molecule has 0 aliphatic heterocycles.